The van der Waals surface area contributed by atoms with Gasteiger partial charge in [0.2, 0.25) is 11.0 Å². The summed E-state index contributed by atoms with van der Waals surface area (Å²) in [5.41, 5.74) is 0. The van der Waals surface area contributed by atoms with Crippen molar-refractivity contribution >= 4 is 38.3 Å². The van der Waals surface area contributed by atoms with Crippen LogP contribution in [-0.4, -0.2) is 35.2 Å². The number of nitrogens with zero attached hydrogens (tertiary/aromatic N) is 3. The molecule has 7 heteroatoms. The highest BCUT2D eigenvalue weighted by Gasteiger charge is 2.32. The number of hydrogen-bond acceptors (Lipinski definition) is 5. The zero-order valence-corrected chi connectivity index (χ0v) is 15.2. The van der Waals surface area contributed by atoms with Gasteiger partial charge in [0.05, 0.1) is 0 Å². The summed E-state index contributed by atoms with van der Waals surface area (Å²) in [7, 11) is 0. The SMILES string of the molecule is CCN(CC1CCCC(C)C1NC(C)=O)c1nnc(Br)s1. The summed E-state index contributed by atoms with van der Waals surface area (Å²) < 4.78 is 0.811. The molecule has 0 spiro atoms. The third-order valence-corrected chi connectivity index (χ3v) is 5.64. The van der Waals surface area contributed by atoms with Crippen LogP contribution in [0.25, 0.3) is 0 Å². The van der Waals surface area contributed by atoms with Crippen molar-refractivity contribution in [2.24, 2.45) is 11.8 Å². The van der Waals surface area contributed by atoms with E-state index >= 15 is 0 Å². The van der Waals surface area contributed by atoms with Crippen LogP contribution in [0.2, 0.25) is 0 Å². The molecule has 0 saturated heterocycles. The molecule has 2 rings (SSSR count). The third kappa shape index (κ3) is 4.39. The second-order valence-corrected chi connectivity index (χ2v) is 8.00. The normalized spacial score (nSPS) is 25.6. The number of carbonyl (C=O) groups excluding carboxylic acids is 1. The van der Waals surface area contributed by atoms with Crippen LogP contribution in [0.5, 0.6) is 0 Å². The molecular formula is C14H23BrN4OS. The number of nitrogens with one attached hydrogen (secondary N) is 1. The zero-order valence-electron chi connectivity index (χ0n) is 12.8. The molecular weight excluding hydrogens is 352 g/mol. The van der Waals surface area contributed by atoms with Gasteiger partial charge in [-0.3, -0.25) is 4.79 Å². The minimum absolute atomic E-state index is 0.0699. The second kappa shape index (κ2) is 7.54. The van der Waals surface area contributed by atoms with E-state index in [2.05, 4.69) is 50.2 Å². The summed E-state index contributed by atoms with van der Waals surface area (Å²) in [4.78, 5) is 13.7. The topological polar surface area (TPSA) is 58.1 Å². The summed E-state index contributed by atoms with van der Waals surface area (Å²) in [6, 6.07) is 0.265. The van der Waals surface area contributed by atoms with Gasteiger partial charge in [0, 0.05) is 26.1 Å². The van der Waals surface area contributed by atoms with Crippen molar-refractivity contribution in [3.05, 3.63) is 3.92 Å². The molecule has 1 aliphatic rings. The summed E-state index contributed by atoms with van der Waals surface area (Å²) in [6.45, 7) is 7.81. The van der Waals surface area contributed by atoms with Crippen LogP contribution in [-0.2, 0) is 4.79 Å². The molecule has 1 aromatic rings. The first kappa shape index (κ1) is 16.7. The van der Waals surface area contributed by atoms with Crippen LogP contribution in [0.15, 0.2) is 3.92 Å². The number of rotatable bonds is 5. The monoisotopic (exact) mass is 374 g/mol. The van der Waals surface area contributed by atoms with Crippen LogP contribution < -0.4 is 10.2 Å². The van der Waals surface area contributed by atoms with E-state index < -0.39 is 0 Å². The molecule has 1 aromatic heterocycles. The molecule has 3 unspecified atom stereocenters. The molecule has 21 heavy (non-hydrogen) atoms. The maximum absolute atomic E-state index is 11.5. The molecule has 0 aliphatic heterocycles. The number of hydrogen-bond donors (Lipinski definition) is 1. The third-order valence-electron chi connectivity index (χ3n) is 4.22. The molecule has 1 fully saturated rings. The van der Waals surface area contributed by atoms with Crippen LogP contribution >= 0.6 is 27.3 Å². The average molecular weight is 375 g/mol. The fraction of sp³-hybridized carbons (Fsp3) is 0.786. The quantitative estimate of drug-likeness (QED) is 0.860. The standard InChI is InChI=1S/C14H23BrN4OS/c1-4-19(14-18-17-13(15)21-14)8-11-7-5-6-9(2)12(11)16-10(3)20/h9,11-12H,4-8H2,1-3H3,(H,16,20). The Morgan fingerprint density at radius 3 is 2.81 bits per heavy atom. The first-order valence-corrected chi connectivity index (χ1v) is 9.13. The molecule has 1 saturated carbocycles. The molecule has 0 radical (unpaired) electrons. The summed E-state index contributed by atoms with van der Waals surface area (Å²) in [5.74, 6) is 1.08. The first-order chi connectivity index (χ1) is 10.0. The predicted molar refractivity (Wildman–Crippen MR) is 89.6 cm³/mol. The maximum atomic E-state index is 11.5. The lowest BCUT2D eigenvalue weighted by Crippen LogP contribution is -2.49. The summed E-state index contributed by atoms with van der Waals surface area (Å²) >= 11 is 4.93. The van der Waals surface area contributed by atoms with Gasteiger partial charge in [-0.2, -0.15) is 0 Å². The van der Waals surface area contributed by atoms with Gasteiger partial charge in [0.25, 0.3) is 0 Å². The Labute approximate surface area is 138 Å². The van der Waals surface area contributed by atoms with Crippen LogP contribution in [0.1, 0.15) is 40.0 Å². The van der Waals surface area contributed by atoms with Gasteiger partial charge in [0.1, 0.15) is 0 Å². The molecule has 1 amide bonds. The molecule has 3 atom stereocenters. The largest absolute Gasteiger partial charge is 0.353 e. The predicted octanol–water partition coefficient (Wildman–Crippen LogP) is 3.07. The number of carbonyl (C=O) groups is 1. The highest BCUT2D eigenvalue weighted by molar-refractivity contribution is 9.11. The Balaban J connectivity index is 2.08. The van der Waals surface area contributed by atoms with E-state index in [0.717, 1.165) is 28.6 Å². The molecule has 5 nitrogen and oxygen atoms in total. The van der Waals surface area contributed by atoms with Crippen molar-refractivity contribution in [1.29, 1.82) is 0 Å². The van der Waals surface area contributed by atoms with Crippen molar-refractivity contribution < 1.29 is 4.79 Å². The van der Waals surface area contributed by atoms with Gasteiger partial charge in [-0.15, -0.1) is 10.2 Å². The van der Waals surface area contributed by atoms with E-state index in [4.69, 9.17) is 0 Å². The lowest BCUT2D eigenvalue weighted by Gasteiger charge is -2.39. The smallest absolute Gasteiger partial charge is 0.217 e. The maximum Gasteiger partial charge on any atom is 0.217 e. The van der Waals surface area contributed by atoms with Crippen molar-refractivity contribution in [1.82, 2.24) is 15.5 Å². The van der Waals surface area contributed by atoms with Gasteiger partial charge in [0.15, 0.2) is 3.92 Å². The lowest BCUT2D eigenvalue weighted by atomic mass is 9.77. The minimum atomic E-state index is 0.0699. The Bertz CT molecular complexity index is 481. The van der Waals surface area contributed by atoms with E-state index in [1.165, 1.54) is 12.8 Å². The molecule has 118 valence electrons. The van der Waals surface area contributed by atoms with Crippen molar-refractivity contribution in [3.8, 4) is 0 Å². The molecule has 1 heterocycles. The van der Waals surface area contributed by atoms with Crippen LogP contribution in [0, 0.1) is 11.8 Å². The molecule has 0 aromatic carbocycles. The van der Waals surface area contributed by atoms with E-state index in [0.29, 0.717) is 11.8 Å². The lowest BCUT2D eigenvalue weighted by molar-refractivity contribution is -0.120. The Kier molecular flexibility index (Phi) is 5.98. The van der Waals surface area contributed by atoms with E-state index in [-0.39, 0.29) is 11.9 Å². The van der Waals surface area contributed by atoms with Crippen LogP contribution in [0.4, 0.5) is 5.13 Å². The molecule has 1 aliphatic carbocycles. The average Bonchev–Trinajstić information content (AvgIpc) is 2.85. The number of anilines is 1. The zero-order chi connectivity index (χ0) is 15.4. The van der Waals surface area contributed by atoms with E-state index in [9.17, 15) is 4.79 Å². The Hall–Kier alpha value is -0.690. The minimum Gasteiger partial charge on any atom is -0.353 e. The summed E-state index contributed by atoms with van der Waals surface area (Å²) in [5, 5.41) is 12.4. The number of halogens is 1. The van der Waals surface area contributed by atoms with Gasteiger partial charge in [-0.1, -0.05) is 24.7 Å². The van der Waals surface area contributed by atoms with Crippen molar-refractivity contribution in [2.75, 3.05) is 18.0 Å². The Morgan fingerprint density at radius 1 is 1.48 bits per heavy atom. The van der Waals surface area contributed by atoms with Gasteiger partial charge < -0.3 is 10.2 Å². The fourth-order valence-electron chi connectivity index (χ4n) is 3.18. The highest BCUT2D eigenvalue weighted by Crippen LogP contribution is 2.32. The Morgan fingerprint density at radius 2 is 2.24 bits per heavy atom. The number of aromatic nitrogens is 2. The molecule has 1 N–H and O–H groups in total. The van der Waals surface area contributed by atoms with Gasteiger partial charge in [-0.25, -0.2) is 0 Å². The second-order valence-electron chi connectivity index (χ2n) is 5.77. The van der Waals surface area contributed by atoms with Gasteiger partial charge in [-0.05, 0) is 47.5 Å². The molecule has 0 bridgehead atoms. The van der Waals surface area contributed by atoms with Gasteiger partial charge >= 0.3 is 0 Å². The van der Waals surface area contributed by atoms with E-state index in [1.54, 1.807) is 18.3 Å². The number of amides is 1. The van der Waals surface area contributed by atoms with E-state index in [1.807, 2.05) is 0 Å². The fourth-order valence-corrected chi connectivity index (χ4v) is 4.34. The summed E-state index contributed by atoms with van der Waals surface area (Å²) in [6.07, 6.45) is 3.59. The highest BCUT2D eigenvalue weighted by atomic mass is 79.9. The van der Waals surface area contributed by atoms with Crippen molar-refractivity contribution in [2.45, 2.75) is 46.1 Å². The van der Waals surface area contributed by atoms with Crippen molar-refractivity contribution in [3.63, 3.8) is 0 Å². The van der Waals surface area contributed by atoms with Crippen LogP contribution in [0.3, 0.4) is 0 Å². The first-order valence-electron chi connectivity index (χ1n) is 7.52.